The number of benzene rings is 1. The van der Waals surface area contributed by atoms with Crippen LogP contribution in [-0.2, 0) is 11.3 Å². The molecule has 0 unspecified atom stereocenters. The van der Waals surface area contributed by atoms with Crippen LogP contribution in [0.25, 0.3) is 0 Å². The topological polar surface area (TPSA) is 51.5 Å². The third-order valence-electron chi connectivity index (χ3n) is 6.76. The van der Waals surface area contributed by atoms with Crippen molar-refractivity contribution < 1.29 is 9.53 Å². The number of pyridine rings is 1. The Kier molecular flexibility index (Phi) is 4.91. The van der Waals surface area contributed by atoms with Gasteiger partial charge in [-0.25, -0.2) is 0 Å². The molecular weight excluding hydrogens is 435 g/mol. The third kappa shape index (κ3) is 3.87. The fourth-order valence-electron chi connectivity index (χ4n) is 5.12. The summed E-state index contributed by atoms with van der Waals surface area (Å²) in [6.45, 7) is 5.56. The Balaban J connectivity index is 1.29. The van der Waals surface area contributed by atoms with Gasteiger partial charge in [-0.15, -0.1) is 23.2 Å². The van der Waals surface area contributed by atoms with Crippen molar-refractivity contribution in [3.05, 3.63) is 64.1 Å². The molecule has 3 aliphatic rings. The standard InChI is InChI=1S/C24H26Cl2N2O3/c1-23(2,31-18-8-6-16(7-9-18)19-11-24(19,25)26)22(30)27-12-15-10-17(14-27)20-4-3-5-21(29)28(20)13-15/h3-9,15,17,19H,10-14H2,1-2H3/t15-,17+,19-/m1/s1. The molecule has 1 aromatic heterocycles. The molecule has 1 amide bonds. The summed E-state index contributed by atoms with van der Waals surface area (Å²) in [6, 6.07) is 13.1. The number of rotatable bonds is 4. The zero-order valence-electron chi connectivity index (χ0n) is 17.7. The first-order valence-electron chi connectivity index (χ1n) is 10.8. The first-order chi connectivity index (χ1) is 14.6. The Bertz CT molecular complexity index is 1080. The lowest BCUT2D eigenvalue weighted by atomic mass is 9.82. The average Bonchev–Trinajstić information content (AvgIpc) is 3.36. The zero-order valence-corrected chi connectivity index (χ0v) is 19.2. The molecule has 7 heteroatoms. The number of carbonyl (C=O) groups excluding carboxylic acids is 1. The molecule has 0 N–H and O–H groups in total. The van der Waals surface area contributed by atoms with Gasteiger partial charge < -0.3 is 14.2 Å². The van der Waals surface area contributed by atoms with Gasteiger partial charge in [-0.05, 0) is 56.4 Å². The van der Waals surface area contributed by atoms with E-state index in [1.165, 1.54) is 0 Å². The quantitative estimate of drug-likeness (QED) is 0.638. The number of piperidine rings is 1. The van der Waals surface area contributed by atoms with E-state index in [2.05, 4.69) is 0 Å². The highest BCUT2D eigenvalue weighted by atomic mass is 35.5. The van der Waals surface area contributed by atoms with E-state index in [0.29, 0.717) is 25.4 Å². The highest BCUT2D eigenvalue weighted by Crippen LogP contribution is 2.59. The van der Waals surface area contributed by atoms with E-state index in [1.54, 1.807) is 6.07 Å². The average molecular weight is 461 g/mol. The van der Waals surface area contributed by atoms with Gasteiger partial charge in [-0.1, -0.05) is 18.2 Å². The summed E-state index contributed by atoms with van der Waals surface area (Å²) >= 11 is 12.3. The Hall–Kier alpha value is -1.98. The Morgan fingerprint density at radius 3 is 2.48 bits per heavy atom. The second-order valence-electron chi connectivity index (χ2n) is 9.61. The number of halogens is 2. The van der Waals surface area contributed by atoms with E-state index in [1.807, 2.05) is 59.7 Å². The minimum absolute atomic E-state index is 0.0271. The molecule has 0 spiro atoms. The van der Waals surface area contributed by atoms with Crippen LogP contribution in [0.5, 0.6) is 5.75 Å². The predicted molar refractivity (Wildman–Crippen MR) is 121 cm³/mol. The van der Waals surface area contributed by atoms with E-state index in [9.17, 15) is 9.59 Å². The van der Waals surface area contributed by atoms with E-state index < -0.39 is 9.93 Å². The van der Waals surface area contributed by atoms with E-state index in [0.717, 1.165) is 24.1 Å². The molecule has 2 fully saturated rings. The number of amides is 1. The molecule has 5 rings (SSSR count). The number of nitrogens with zero attached hydrogens (tertiary/aromatic N) is 2. The fourth-order valence-corrected chi connectivity index (χ4v) is 5.69. The van der Waals surface area contributed by atoms with Crippen molar-refractivity contribution in [3.8, 4) is 5.75 Å². The van der Waals surface area contributed by atoms with Crippen molar-refractivity contribution >= 4 is 29.1 Å². The summed E-state index contributed by atoms with van der Waals surface area (Å²) in [5.41, 5.74) is 1.17. The summed E-state index contributed by atoms with van der Waals surface area (Å²) in [7, 11) is 0. The van der Waals surface area contributed by atoms with Crippen LogP contribution in [0.1, 0.15) is 49.8 Å². The molecule has 1 aromatic carbocycles. The lowest BCUT2D eigenvalue weighted by Crippen LogP contribution is -2.55. The number of alkyl halides is 2. The van der Waals surface area contributed by atoms with Crippen LogP contribution in [0.3, 0.4) is 0 Å². The van der Waals surface area contributed by atoms with Crippen molar-refractivity contribution in [3.63, 3.8) is 0 Å². The second kappa shape index (κ2) is 7.28. The summed E-state index contributed by atoms with van der Waals surface area (Å²) in [4.78, 5) is 27.5. The van der Waals surface area contributed by atoms with Crippen molar-refractivity contribution in [2.45, 2.75) is 55.0 Å². The van der Waals surface area contributed by atoms with Gasteiger partial charge >= 0.3 is 0 Å². The molecule has 5 nitrogen and oxygen atoms in total. The number of carbonyl (C=O) groups is 1. The van der Waals surface area contributed by atoms with Crippen molar-refractivity contribution in [1.82, 2.24) is 9.47 Å². The third-order valence-corrected chi connectivity index (χ3v) is 7.60. The highest BCUT2D eigenvalue weighted by molar-refractivity contribution is 6.51. The molecule has 0 radical (unpaired) electrons. The van der Waals surface area contributed by atoms with Crippen LogP contribution in [0.15, 0.2) is 47.3 Å². The lowest BCUT2D eigenvalue weighted by Gasteiger charge is -2.44. The van der Waals surface area contributed by atoms with E-state index in [4.69, 9.17) is 27.9 Å². The maximum absolute atomic E-state index is 13.4. The van der Waals surface area contributed by atoms with Crippen molar-refractivity contribution in [2.75, 3.05) is 13.1 Å². The Morgan fingerprint density at radius 2 is 1.81 bits per heavy atom. The number of ether oxygens (including phenoxy) is 1. The number of hydrogen-bond donors (Lipinski definition) is 0. The molecule has 1 aliphatic carbocycles. The SMILES string of the molecule is CC(C)(Oc1ccc([C@H]2CC2(Cl)Cl)cc1)C(=O)N1C[C@H]2C[C@@H](C1)c1cccc(=O)n1C2. The van der Waals surface area contributed by atoms with Gasteiger partial charge in [-0.3, -0.25) is 9.59 Å². The molecular formula is C24H26Cl2N2O3. The van der Waals surface area contributed by atoms with E-state index in [-0.39, 0.29) is 29.2 Å². The summed E-state index contributed by atoms with van der Waals surface area (Å²) in [5.74, 6) is 1.25. The summed E-state index contributed by atoms with van der Waals surface area (Å²) in [6.07, 6.45) is 1.77. The molecule has 3 heterocycles. The predicted octanol–water partition coefficient (Wildman–Crippen LogP) is 4.31. The molecule has 2 bridgehead atoms. The van der Waals surface area contributed by atoms with Crippen LogP contribution < -0.4 is 10.3 Å². The molecule has 164 valence electrons. The number of likely N-dealkylation sites (tertiary alicyclic amines) is 1. The van der Waals surface area contributed by atoms with Gasteiger partial charge in [0.05, 0.1) is 0 Å². The van der Waals surface area contributed by atoms with Crippen LogP contribution >= 0.6 is 23.2 Å². The van der Waals surface area contributed by atoms with Crippen LogP contribution in [0, 0.1) is 5.92 Å². The van der Waals surface area contributed by atoms with Gasteiger partial charge in [0.15, 0.2) is 5.60 Å². The largest absolute Gasteiger partial charge is 0.478 e. The zero-order chi connectivity index (χ0) is 22.0. The molecule has 2 aliphatic heterocycles. The van der Waals surface area contributed by atoms with Crippen LogP contribution in [0.4, 0.5) is 0 Å². The minimum atomic E-state index is -0.994. The Morgan fingerprint density at radius 1 is 1.10 bits per heavy atom. The van der Waals surface area contributed by atoms with Crippen molar-refractivity contribution in [2.24, 2.45) is 5.92 Å². The fraction of sp³-hybridized carbons (Fsp3) is 0.500. The van der Waals surface area contributed by atoms with E-state index >= 15 is 0 Å². The Labute approximate surface area is 191 Å². The van der Waals surface area contributed by atoms with Crippen LogP contribution in [-0.4, -0.2) is 38.4 Å². The maximum atomic E-state index is 13.4. The van der Waals surface area contributed by atoms with Gasteiger partial charge in [0.2, 0.25) is 0 Å². The maximum Gasteiger partial charge on any atom is 0.266 e. The van der Waals surface area contributed by atoms with Gasteiger partial charge in [-0.2, -0.15) is 0 Å². The lowest BCUT2D eigenvalue weighted by molar-refractivity contribution is -0.148. The number of hydrogen-bond acceptors (Lipinski definition) is 3. The first-order valence-corrected chi connectivity index (χ1v) is 11.6. The summed E-state index contributed by atoms with van der Waals surface area (Å²) in [5, 5.41) is 0. The first kappa shape index (κ1) is 20.9. The molecule has 2 aromatic rings. The van der Waals surface area contributed by atoms with Gasteiger partial charge in [0.1, 0.15) is 10.1 Å². The molecule has 31 heavy (non-hydrogen) atoms. The highest BCUT2D eigenvalue weighted by Gasteiger charge is 2.52. The van der Waals surface area contributed by atoms with Gasteiger partial charge in [0.25, 0.3) is 11.5 Å². The minimum Gasteiger partial charge on any atom is -0.478 e. The number of aromatic nitrogens is 1. The monoisotopic (exact) mass is 460 g/mol. The normalized spacial score (nSPS) is 26.2. The second-order valence-corrected chi connectivity index (χ2v) is 11.1. The van der Waals surface area contributed by atoms with Crippen LogP contribution in [0.2, 0.25) is 0 Å². The molecule has 1 saturated heterocycles. The molecule has 3 atom stereocenters. The molecule has 1 saturated carbocycles. The van der Waals surface area contributed by atoms with Crippen molar-refractivity contribution in [1.29, 1.82) is 0 Å². The van der Waals surface area contributed by atoms with Gasteiger partial charge in [0, 0.05) is 43.2 Å². The number of fused-ring (bicyclic) bond motifs is 4. The smallest absolute Gasteiger partial charge is 0.266 e. The summed E-state index contributed by atoms with van der Waals surface area (Å²) < 4.78 is 7.34.